The number of hydrogen-bond acceptors (Lipinski definition) is 9. The van der Waals surface area contributed by atoms with Crippen LogP contribution in [0, 0.1) is 0 Å². The van der Waals surface area contributed by atoms with Gasteiger partial charge in [0.2, 0.25) is 5.88 Å². The number of aromatic nitrogens is 3. The highest BCUT2D eigenvalue weighted by Gasteiger charge is 2.28. The van der Waals surface area contributed by atoms with E-state index in [1.807, 2.05) is 47.0 Å². The average Bonchev–Trinajstić information content (AvgIpc) is 3.73. The van der Waals surface area contributed by atoms with Gasteiger partial charge in [0.05, 0.1) is 46.7 Å². The van der Waals surface area contributed by atoms with Gasteiger partial charge in [0.15, 0.2) is 0 Å². The van der Waals surface area contributed by atoms with Crippen LogP contribution in [-0.2, 0) is 13.2 Å². The van der Waals surface area contributed by atoms with Gasteiger partial charge in [-0.1, -0.05) is 42.5 Å². The fourth-order valence-electron chi connectivity index (χ4n) is 5.45. The molecule has 0 bridgehead atoms. The maximum atomic E-state index is 12.2. The molecule has 0 amide bonds. The molecule has 2 N–H and O–H groups in total. The summed E-state index contributed by atoms with van der Waals surface area (Å²) in [6.45, 7) is 0.251. The largest absolute Gasteiger partial charge is 0.512 e. The smallest absolute Gasteiger partial charge is 0.497 e. The van der Waals surface area contributed by atoms with E-state index >= 15 is 0 Å². The van der Waals surface area contributed by atoms with Crippen molar-refractivity contribution < 1.29 is 34.0 Å². The average molecular weight is 638 g/mol. The van der Waals surface area contributed by atoms with Crippen LogP contribution in [0.5, 0.6) is 17.4 Å². The van der Waals surface area contributed by atoms with Crippen molar-refractivity contribution in [3.8, 4) is 28.5 Å². The van der Waals surface area contributed by atoms with Crippen molar-refractivity contribution in [2.45, 2.75) is 13.2 Å². The summed E-state index contributed by atoms with van der Waals surface area (Å²) in [5.41, 5.74) is 4.96. The van der Waals surface area contributed by atoms with Crippen LogP contribution >= 0.6 is 23.1 Å². The van der Waals surface area contributed by atoms with Crippen molar-refractivity contribution >= 4 is 66.5 Å². The van der Waals surface area contributed by atoms with E-state index in [0.717, 1.165) is 48.6 Å². The Morgan fingerprint density at radius 2 is 1.71 bits per heavy atom. The lowest BCUT2D eigenvalue weighted by molar-refractivity contribution is 0.0693. The van der Waals surface area contributed by atoms with Gasteiger partial charge in [-0.15, -0.1) is 11.3 Å². The third-order valence-corrected chi connectivity index (χ3v) is 9.19. The van der Waals surface area contributed by atoms with Gasteiger partial charge in [0.25, 0.3) is 0 Å². The van der Waals surface area contributed by atoms with Crippen molar-refractivity contribution in [1.82, 2.24) is 13.3 Å². The minimum absolute atomic E-state index is 0.0459. The highest BCUT2D eigenvalue weighted by Crippen LogP contribution is 2.50. The number of rotatable bonds is 9. The summed E-state index contributed by atoms with van der Waals surface area (Å²) < 4.78 is 29.7. The quantitative estimate of drug-likeness (QED) is 0.151. The molecule has 0 atom stereocenters. The minimum atomic E-state index is -1.46. The molecule has 224 valence electrons. The molecule has 3 heterocycles. The first kappa shape index (κ1) is 28.3. The Labute approximate surface area is 263 Å². The van der Waals surface area contributed by atoms with Crippen LogP contribution in [0.1, 0.15) is 21.5 Å². The highest BCUT2D eigenvalue weighted by molar-refractivity contribution is 7.26. The van der Waals surface area contributed by atoms with Crippen LogP contribution in [0.4, 0.5) is 4.79 Å². The van der Waals surface area contributed by atoms with E-state index in [0.29, 0.717) is 34.7 Å². The molecule has 0 radical (unpaired) electrons. The van der Waals surface area contributed by atoms with Gasteiger partial charge >= 0.3 is 12.1 Å². The zero-order valence-corrected chi connectivity index (χ0v) is 25.2. The lowest BCUT2D eigenvalue weighted by Crippen LogP contribution is -2.10. The Bertz CT molecular complexity index is 2250. The Kier molecular flexibility index (Phi) is 7.28. The van der Waals surface area contributed by atoms with Crippen molar-refractivity contribution in [1.29, 1.82) is 0 Å². The van der Waals surface area contributed by atoms with Gasteiger partial charge in [-0.05, 0) is 42.0 Å². The van der Waals surface area contributed by atoms with Crippen LogP contribution in [0.3, 0.4) is 0 Å². The summed E-state index contributed by atoms with van der Waals surface area (Å²) in [4.78, 5) is 24.1. The van der Waals surface area contributed by atoms with E-state index < -0.39 is 12.1 Å². The number of ether oxygens (including phenoxy) is 3. The predicted octanol–water partition coefficient (Wildman–Crippen LogP) is 7.92. The predicted molar refractivity (Wildman–Crippen MR) is 172 cm³/mol. The zero-order valence-electron chi connectivity index (χ0n) is 23.6. The molecule has 45 heavy (non-hydrogen) atoms. The first-order chi connectivity index (χ1) is 21.9. The number of carboxylic acids is 1. The molecular weight excluding hydrogens is 615 g/mol. The third kappa shape index (κ3) is 5.19. The molecule has 0 spiro atoms. The number of thiophene rings is 1. The number of benzene rings is 4. The van der Waals surface area contributed by atoms with E-state index in [1.165, 1.54) is 24.5 Å². The standard InChI is InChI=1S/C33H23N3O7S2/c1-41-20-11-12-22(26(15-20)42-17-19-6-2-3-7-21(19)32(37)38)28-30-29(23-8-4-5-9-27(23)44-30)36(31(28)43-33(39)40)16-18-10-13-24-25(14-18)35-45-34-24/h2-15H,16-17H2,1H3,(H,37,38)(H,39,40). The van der Waals surface area contributed by atoms with Gasteiger partial charge < -0.3 is 29.0 Å². The Hall–Kier alpha value is -5.46. The van der Waals surface area contributed by atoms with Crippen molar-refractivity contribution in [2.24, 2.45) is 0 Å². The molecule has 12 heteroatoms. The summed E-state index contributed by atoms with van der Waals surface area (Å²) in [6.07, 6.45) is -1.46. The molecule has 7 aromatic rings. The highest BCUT2D eigenvalue weighted by atomic mass is 32.1. The Morgan fingerprint density at radius 1 is 0.911 bits per heavy atom. The summed E-state index contributed by atoms with van der Waals surface area (Å²) in [7, 11) is 1.53. The monoisotopic (exact) mass is 637 g/mol. The van der Waals surface area contributed by atoms with Crippen LogP contribution in [-0.4, -0.2) is 42.8 Å². The van der Waals surface area contributed by atoms with E-state index in [1.54, 1.807) is 36.4 Å². The van der Waals surface area contributed by atoms with E-state index in [4.69, 9.17) is 14.2 Å². The molecule has 0 aliphatic carbocycles. The number of carbonyl (C=O) groups is 2. The van der Waals surface area contributed by atoms with Crippen LogP contribution in [0.15, 0.2) is 84.9 Å². The maximum absolute atomic E-state index is 12.2. The molecule has 10 nitrogen and oxygen atoms in total. The molecule has 4 aromatic carbocycles. The molecule has 0 saturated heterocycles. The zero-order chi connectivity index (χ0) is 31.1. The van der Waals surface area contributed by atoms with Crippen LogP contribution in [0.2, 0.25) is 0 Å². The second-order valence-electron chi connectivity index (χ2n) is 10.1. The number of aromatic carboxylic acids is 1. The second kappa shape index (κ2) is 11.6. The van der Waals surface area contributed by atoms with Gasteiger partial charge in [-0.25, -0.2) is 9.59 Å². The maximum Gasteiger partial charge on any atom is 0.512 e. The number of carboxylic acid groups (broad SMARTS) is 2. The summed E-state index contributed by atoms with van der Waals surface area (Å²) in [5.74, 6) is -0.0470. The molecule has 0 unspecified atom stereocenters. The summed E-state index contributed by atoms with van der Waals surface area (Å²) in [6, 6.07) is 25.6. The number of hydrogen-bond donors (Lipinski definition) is 2. The van der Waals surface area contributed by atoms with Gasteiger partial charge in [0, 0.05) is 27.3 Å². The fraction of sp³-hybridized carbons (Fsp3) is 0.0909. The first-order valence-electron chi connectivity index (χ1n) is 13.7. The number of fused-ring (bicyclic) bond motifs is 4. The lowest BCUT2D eigenvalue weighted by Gasteiger charge is -2.16. The fourth-order valence-corrected chi connectivity index (χ4v) is 7.23. The molecular formula is C33H23N3O7S2. The normalized spacial score (nSPS) is 11.3. The van der Waals surface area contributed by atoms with Crippen LogP contribution in [0.25, 0.3) is 42.5 Å². The van der Waals surface area contributed by atoms with Crippen molar-refractivity contribution in [2.75, 3.05) is 7.11 Å². The summed E-state index contributed by atoms with van der Waals surface area (Å²) in [5, 5.41) is 20.6. The van der Waals surface area contributed by atoms with E-state index in [-0.39, 0.29) is 18.1 Å². The van der Waals surface area contributed by atoms with Gasteiger partial charge in [-0.3, -0.25) is 0 Å². The Balaban J connectivity index is 1.44. The van der Waals surface area contributed by atoms with E-state index in [2.05, 4.69) is 8.75 Å². The second-order valence-corrected chi connectivity index (χ2v) is 11.7. The van der Waals surface area contributed by atoms with E-state index in [9.17, 15) is 19.8 Å². The number of methoxy groups -OCH3 is 1. The van der Waals surface area contributed by atoms with Crippen LogP contribution < -0.4 is 14.2 Å². The first-order valence-corrected chi connectivity index (χ1v) is 15.2. The molecule has 0 fully saturated rings. The SMILES string of the molecule is COc1ccc(-c2c(OC(=O)O)n(Cc3ccc4nsnc4c3)c3c2sc2ccccc23)c(OCc2ccccc2C(=O)O)c1. The molecule has 0 saturated carbocycles. The Morgan fingerprint density at radius 3 is 2.53 bits per heavy atom. The van der Waals surface area contributed by atoms with Gasteiger partial charge in [0.1, 0.15) is 29.1 Å². The lowest BCUT2D eigenvalue weighted by atomic mass is 10.1. The molecule has 7 rings (SSSR count). The molecule has 0 aliphatic rings. The third-order valence-electron chi connectivity index (χ3n) is 7.46. The topological polar surface area (TPSA) is 133 Å². The molecule has 0 aliphatic heterocycles. The van der Waals surface area contributed by atoms with Crippen molar-refractivity contribution in [3.05, 3.63) is 102 Å². The minimum Gasteiger partial charge on any atom is -0.497 e. The van der Waals surface area contributed by atoms with Crippen molar-refractivity contribution in [3.63, 3.8) is 0 Å². The summed E-state index contributed by atoms with van der Waals surface area (Å²) >= 11 is 2.65. The van der Waals surface area contributed by atoms with Gasteiger partial charge in [-0.2, -0.15) is 8.75 Å². The number of nitrogens with zero attached hydrogens (tertiary/aromatic N) is 3. The molecule has 3 aromatic heterocycles.